The standard InChI is InChI=1S/C13H15NO2/c15-10-8-11-5-1-2-6-12(11)14-9-4-3-7-13(14)16/h1-2,5-6,10H,3-4,7-9H2. The first-order valence-electron chi connectivity index (χ1n) is 5.65. The van der Waals surface area contributed by atoms with Crippen molar-refractivity contribution in [2.75, 3.05) is 11.4 Å². The summed E-state index contributed by atoms with van der Waals surface area (Å²) in [6.45, 7) is 0.773. The number of carbonyl (C=O) groups excluding carboxylic acids is 2. The van der Waals surface area contributed by atoms with E-state index in [1.165, 1.54) is 0 Å². The Bertz CT molecular complexity index is 401. The lowest BCUT2D eigenvalue weighted by Gasteiger charge is -2.28. The fraction of sp³-hybridized carbons (Fsp3) is 0.385. The number of rotatable bonds is 3. The Hall–Kier alpha value is -1.64. The fourth-order valence-electron chi connectivity index (χ4n) is 2.10. The number of hydrogen-bond acceptors (Lipinski definition) is 2. The molecule has 1 heterocycles. The monoisotopic (exact) mass is 217 g/mol. The van der Waals surface area contributed by atoms with E-state index in [0.717, 1.165) is 36.9 Å². The Morgan fingerprint density at radius 2 is 2.06 bits per heavy atom. The van der Waals surface area contributed by atoms with Gasteiger partial charge in [-0.1, -0.05) is 18.2 Å². The zero-order chi connectivity index (χ0) is 11.4. The number of aldehydes is 1. The van der Waals surface area contributed by atoms with Crippen LogP contribution in [0.5, 0.6) is 0 Å². The predicted molar refractivity (Wildman–Crippen MR) is 62.4 cm³/mol. The Labute approximate surface area is 95.1 Å². The predicted octanol–water partition coefficient (Wildman–Crippen LogP) is 1.94. The van der Waals surface area contributed by atoms with Gasteiger partial charge in [-0.15, -0.1) is 0 Å². The van der Waals surface area contributed by atoms with E-state index in [1.807, 2.05) is 29.2 Å². The van der Waals surface area contributed by atoms with Crippen LogP contribution in [0.25, 0.3) is 0 Å². The van der Waals surface area contributed by atoms with Crippen LogP contribution in [0, 0.1) is 0 Å². The van der Waals surface area contributed by atoms with E-state index >= 15 is 0 Å². The lowest BCUT2D eigenvalue weighted by Crippen LogP contribution is -2.35. The number of nitrogens with zero attached hydrogens (tertiary/aromatic N) is 1. The molecule has 3 nitrogen and oxygen atoms in total. The molecule has 0 N–H and O–H groups in total. The Balaban J connectivity index is 2.30. The molecule has 1 saturated heterocycles. The van der Waals surface area contributed by atoms with Gasteiger partial charge in [-0.3, -0.25) is 4.79 Å². The molecule has 0 radical (unpaired) electrons. The van der Waals surface area contributed by atoms with Crippen molar-refractivity contribution in [2.24, 2.45) is 0 Å². The van der Waals surface area contributed by atoms with Gasteiger partial charge < -0.3 is 9.69 Å². The first-order chi connectivity index (χ1) is 7.83. The highest BCUT2D eigenvalue weighted by Crippen LogP contribution is 2.24. The van der Waals surface area contributed by atoms with Gasteiger partial charge in [0.1, 0.15) is 6.29 Å². The number of benzene rings is 1. The second-order valence-corrected chi connectivity index (χ2v) is 4.00. The number of anilines is 1. The van der Waals surface area contributed by atoms with Crippen molar-refractivity contribution in [3.05, 3.63) is 29.8 Å². The molecule has 0 aromatic heterocycles. The molecule has 1 aromatic rings. The van der Waals surface area contributed by atoms with Gasteiger partial charge in [0, 0.05) is 25.1 Å². The minimum Gasteiger partial charge on any atom is -0.312 e. The smallest absolute Gasteiger partial charge is 0.226 e. The quantitative estimate of drug-likeness (QED) is 0.726. The van der Waals surface area contributed by atoms with Gasteiger partial charge >= 0.3 is 0 Å². The van der Waals surface area contributed by atoms with Gasteiger partial charge in [-0.2, -0.15) is 0 Å². The van der Waals surface area contributed by atoms with Crippen LogP contribution in [0.1, 0.15) is 24.8 Å². The van der Waals surface area contributed by atoms with E-state index < -0.39 is 0 Å². The van der Waals surface area contributed by atoms with Crippen LogP contribution in [0.3, 0.4) is 0 Å². The maximum Gasteiger partial charge on any atom is 0.226 e. The molecule has 0 aliphatic carbocycles. The molecule has 2 rings (SSSR count). The third-order valence-electron chi connectivity index (χ3n) is 2.91. The summed E-state index contributed by atoms with van der Waals surface area (Å²) in [6, 6.07) is 7.63. The first kappa shape index (κ1) is 10.9. The molecule has 1 amide bonds. The first-order valence-corrected chi connectivity index (χ1v) is 5.65. The van der Waals surface area contributed by atoms with Crippen LogP contribution in [0.15, 0.2) is 24.3 Å². The van der Waals surface area contributed by atoms with Crippen LogP contribution in [0.2, 0.25) is 0 Å². The van der Waals surface area contributed by atoms with Gasteiger partial charge in [0.25, 0.3) is 0 Å². The minimum absolute atomic E-state index is 0.171. The van der Waals surface area contributed by atoms with E-state index in [1.54, 1.807) is 0 Å². The molecule has 1 aromatic carbocycles. The summed E-state index contributed by atoms with van der Waals surface area (Å²) in [7, 11) is 0. The molecule has 0 saturated carbocycles. The summed E-state index contributed by atoms with van der Waals surface area (Å²) in [5, 5.41) is 0. The second kappa shape index (κ2) is 4.92. The molecule has 0 unspecified atom stereocenters. The maximum absolute atomic E-state index is 11.8. The average molecular weight is 217 g/mol. The zero-order valence-corrected chi connectivity index (χ0v) is 9.19. The van der Waals surface area contributed by atoms with Crippen molar-refractivity contribution in [3.8, 4) is 0 Å². The van der Waals surface area contributed by atoms with Crippen LogP contribution < -0.4 is 4.90 Å². The van der Waals surface area contributed by atoms with E-state index in [2.05, 4.69) is 0 Å². The van der Waals surface area contributed by atoms with Crippen molar-refractivity contribution >= 4 is 17.9 Å². The van der Waals surface area contributed by atoms with Crippen molar-refractivity contribution in [1.82, 2.24) is 0 Å². The third kappa shape index (κ3) is 2.13. The molecule has 1 fully saturated rings. The number of amides is 1. The topological polar surface area (TPSA) is 37.4 Å². The van der Waals surface area contributed by atoms with E-state index in [4.69, 9.17) is 0 Å². The SMILES string of the molecule is O=CCc1ccccc1N1CCCCC1=O. The summed E-state index contributed by atoms with van der Waals surface area (Å²) in [5.74, 6) is 0.171. The van der Waals surface area contributed by atoms with Gasteiger partial charge in [-0.05, 0) is 24.5 Å². The van der Waals surface area contributed by atoms with E-state index in [0.29, 0.717) is 12.8 Å². The highest BCUT2D eigenvalue weighted by atomic mass is 16.2. The van der Waals surface area contributed by atoms with E-state index in [9.17, 15) is 9.59 Å². The van der Waals surface area contributed by atoms with Crippen molar-refractivity contribution in [2.45, 2.75) is 25.7 Å². The summed E-state index contributed by atoms with van der Waals surface area (Å²) in [6.07, 6.45) is 3.90. The molecule has 1 aliphatic rings. The fourth-order valence-corrected chi connectivity index (χ4v) is 2.10. The molecule has 0 atom stereocenters. The van der Waals surface area contributed by atoms with Gasteiger partial charge in [0.05, 0.1) is 0 Å². The number of carbonyl (C=O) groups is 2. The minimum atomic E-state index is 0.171. The Morgan fingerprint density at radius 1 is 1.25 bits per heavy atom. The third-order valence-corrected chi connectivity index (χ3v) is 2.91. The van der Waals surface area contributed by atoms with Crippen LogP contribution in [-0.4, -0.2) is 18.7 Å². The average Bonchev–Trinajstić information content (AvgIpc) is 2.31. The molecule has 84 valence electrons. The molecular weight excluding hydrogens is 202 g/mol. The number of para-hydroxylation sites is 1. The highest BCUT2D eigenvalue weighted by Gasteiger charge is 2.21. The molecular formula is C13H15NO2. The van der Waals surface area contributed by atoms with Crippen molar-refractivity contribution < 1.29 is 9.59 Å². The normalized spacial score (nSPS) is 16.2. The Morgan fingerprint density at radius 3 is 2.81 bits per heavy atom. The zero-order valence-electron chi connectivity index (χ0n) is 9.19. The molecule has 0 spiro atoms. The summed E-state index contributed by atoms with van der Waals surface area (Å²) >= 11 is 0. The van der Waals surface area contributed by atoms with Gasteiger partial charge in [0.15, 0.2) is 0 Å². The van der Waals surface area contributed by atoms with Crippen LogP contribution >= 0.6 is 0 Å². The summed E-state index contributed by atoms with van der Waals surface area (Å²) in [5.41, 5.74) is 1.84. The molecule has 1 aliphatic heterocycles. The van der Waals surface area contributed by atoms with Crippen LogP contribution in [0.4, 0.5) is 5.69 Å². The molecule has 0 bridgehead atoms. The maximum atomic E-state index is 11.8. The van der Waals surface area contributed by atoms with E-state index in [-0.39, 0.29) is 5.91 Å². The highest BCUT2D eigenvalue weighted by molar-refractivity contribution is 5.95. The van der Waals surface area contributed by atoms with Crippen LogP contribution in [-0.2, 0) is 16.0 Å². The lowest BCUT2D eigenvalue weighted by atomic mass is 10.1. The summed E-state index contributed by atoms with van der Waals surface area (Å²) < 4.78 is 0. The molecule has 3 heteroatoms. The lowest BCUT2D eigenvalue weighted by molar-refractivity contribution is -0.119. The van der Waals surface area contributed by atoms with Crippen molar-refractivity contribution in [1.29, 1.82) is 0 Å². The van der Waals surface area contributed by atoms with Gasteiger partial charge in [-0.25, -0.2) is 0 Å². The Kier molecular flexibility index (Phi) is 3.34. The molecule has 16 heavy (non-hydrogen) atoms. The number of hydrogen-bond donors (Lipinski definition) is 0. The summed E-state index contributed by atoms with van der Waals surface area (Å²) in [4.78, 5) is 24.2. The largest absolute Gasteiger partial charge is 0.312 e. The second-order valence-electron chi connectivity index (χ2n) is 4.00. The van der Waals surface area contributed by atoms with Gasteiger partial charge in [0.2, 0.25) is 5.91 Å². The number of piperidine rings is 1. The van der Waals surface area contributed by atoms with Crippen molar-refractivity contribution in [3.63, 3.8) is 0 Å².